The van der Waals surface area contributed by atoms with E-state index in [1.54, 1.807) is 6.07 Å². The first kappa shape index (κ1) is 11.4. The minimum Gasteiger partial charge on any atom is -0.508 e. The van der Waals surface area contributed by atoms with Gasteiger partial charge in [-0.05, 0) is 49.5 Å². The molecular formula is C13H20N2O. The Kier molecular flexibility index (Phi) is 3.80. The summed E-state index contributed by atoms with van der Waals surface area (Å²) in [5, 5.41) is 9.82. The Labute approximate surface area is 96.9 Å². The van der Waals surface area contributed by atoms with Gasteiger partial charge in [-0.3, -0.25) is 0 Å². The molecule has 0 spiro atoms. The molecule has 3 heteroatoms. The maximum atomic E-state index is 9.82. The average Bonchev–Trinajstić information content (AvgIpc) is 2.80. The van der Waals surface area contributed by atoms with Crippen LogP contribution in [0, 0.1) is 0 Å². The van der Waals surface area contributed by atoms with Crippen molar-refractivity contribution in [1.82, 2.24) is 4.90 Å². The monoisotopic (exact) mass is 220 g/mol. The zero-order chi connectivity index (χ0) is 11.4. The van der Waals surface area contributed by atoms with Crippen LogP contribution in [0.25, 0.3) is 0 Å². The summed E-state index contributed by atoms with van der Waals surface area (Å²) in [5.41, 5.74) is 7.77. The minimum absolute atomic E-state index is 0.391. The molecule has 16 heavy (non-hydrogen) atoms. The number of rotatable bonds is 4. The predicted octanol–water partition coefficient (Wildman–Crippen LogP) is 1.49. The van der Waals surface area contributed by atoms with Crippen LogP contribution in [0.3, 0.4) is 0 Å². The molecule has 0 aromatic heterocycles. The molecule has 3 nitrogen and oxygen atoms in total. The van der Waals surface area contributed by atoms with Crippen molar-refractivity contribution in [2.45, 2.75) is 25.8 Å². The molecule has 1 aliphatic heterocycles. The Balaban J connectivity index is 2.01. The van der Waals surface area contributed by atoms with Gasteiger partial charge in [-0.15, -0.1) is 0 Å². The molecule has 2 rings (SSSR count). The number of nitrogens with zero attached hydrogens (tertiary/aromatic N) is 1. The number of hydrogen-bond acceptors (Lipinski definition) is 3. The average molecular weight is 220 g/mol. The van der Waals surface area contributed by atoms with E-state index in [1.165, 1.54) is 25.9 Å². The Morgan fingerprint density at radius 2 is 2.00 bits per heavy atom. The number of hydrogen-bond donors (Lipinski definition) is 2. The van der Waals surface area contributed by atoms with Gasteiger partial charge in [0.15, 0.2) is 0 Å². The molecule has 1 aromatic carbocycles. The smallest absolute Gasteiger partial charge is 0.119 e. The van der Waals surface area contributed by atoms with E-state index < -0.39 is 0 Å². The van der Waals surface area contributed by atoms with E-state index in [9.17, 15) is 5.11 Å². The summed E-state index contributed by atoms with van der Waals surface area (Å²) in [4.78, 5) is 2.45. The molecule has 3 N–H and O–H groups in total. The van der Waals surface area contributed by atoms with Gasteiger partial charge in [-0.2, -0.15) is 0 Å². The van der Waals surface area contributed by atoms with E-state index in [0.717, 1.165) is 24.1 Å². The molecule has 1 aromatic rings. The number of aromatic hydroxyl groups is 1. The lowest BCUT2D eigenvalue weighted by atomic mass is 10.0. The SMILES string of the molecule is NCc1cccc(O)c1CCN1CCCC1. The minimum atomic E-state index is 0.391. The molecule has 1 fully saturated rings. The largest absolute Gasteiger partial charge is 0.508 e. The van der Waals surface area contributed by atoms with Crippen LogP contribution < -0.4 is 5.73 Å². The molecule has 1 aliphatic rings. The highest BCUT2D eigenvalue weighted by Gasteiger charge is 2.13. The lowest BCUT2D eigenvalue weighted by Gasteiger charge is -2.16. The van der Waals surface area contributed by atoms with Gasteiger partial charge in [0, 0.05) is 13.1 Å². The summed E-state index contributed by atoms with van der Waals surface area (Å²) in [6.45, 7) is 3.94. The van der Waals surface area contributed by atoms with Gasteiger partial charge in [0.2, 0.25) is 0 Å². The van der Waals surface area contributed by atoms with Crippen LogP contribution >= 0.6 is 0 Å². The highest BCUT2D eigenvalue weighted by Crippen LogP contribution is 2.22. The summed E-state index contributed by atoms with van der Waals surface area (Å²) >= 11 is 0. The van der Waals surface area contributed by atoms with Crippen LogP contribution in [-0.2, 0) is 13.0 Å². The number of likely N-dealkylation sites (tertiary alicyclic amines) is 1. The van der Waals surface area contributed by atoms with Gasteiger partial charge in [0.25, 0.3) is 0 Å². The second-order valence-corrected chi connectivity index (χ2v) is 4.42. The highest BCUT2D eigenvalue weighted by atomic mass is 16.3. The van der Waals surface area contributed by atoms with E-state index >= 15 is 0 Å². The van der Waals surface area contributed by atoms with Crippen LogP contribution in [0.4, 0.5) is 0 Å². The number of benzene rings is 1. The fraction of sp³-hybridized carbons (Fsp3) is 0.538. The number of phenolic OH excluding ortho intramolecular Hbond substituents is 1. The first-order chi connectivity index (χ1) is 7.81. The second-order valence-electron chi connectivity index (χ2n) is 4.42. The van der Waals surface area contributed by atoms with Gasteiger partial charge in [-0.25, -0.2) is 0 Å². The van der Waals surface area contributed by atoms with Gasteiger partial charge in [0.1, 0.15) is 5.75 Å². The second kappa shape index (κ2) is 5.32. The zero-order valence-corrected chi connectivity index (χ0v) is 9.65. The molecule has 0 bridgehead atoms. The molecular weight excluding hydrogens is 200 g/mol. The third-order valence-electron chi connectivity index (χ3n) is 3.34. The third-order valence-corrected chi connectivity index (χ3v) is 3.34. The molecule has 0 saturated carbocycles. The van der Waals surface area contributed by atoms with Crippen molar-refractivity contribution in [2.75, 3.05) is 19.6 Å². The highest BCUT2D eigenvalue weighted by molar-refractivity contribution is 5.39. The van der Waals surface area contributed by atoms with Crippen LogP contribution in [0.2, 0.25) is 0 Å². The first-order valence-electron chi connectivity index (χ1n) is 6.03. The number of nitrogens with two attached hydrogens (primary N) is 1. The van der Waals surface area contributed by atoms with Crippen LogP contribution in [-0.4, -0.2) is 29.6 Å². The van der Waals surface area contributed by atoms with Crippen molar-refractivity contribution in [2.24, 2.45) is 5.73 Å². The summed E-state index contributed by atoms with van der Waals surface area (Å²) in [5.74, 6) is 0.391. The molecule has 0 aliphatic carbocycles. The third kappa shape index (κ3) is 2.54. The summed E-state index contributed by atoms with van der Waals surface area (Å²) in [7, 11) is 0. The van der Waals surface area contributed by atoms with Crippen LogP contribution in [0.5, 0.6) is 5.75 Å². The van der Waals surface area contributed by atoms with E-state index in [1.807, 2.05) is 12.1 Å². The molecule has 0 amide bonds. The zero-order valence-electron chi connectivity index (χ0n) is 9.65. The van der Waals surface area contributed by atoms with Crippen molar-refractivity contribution >= 4 is 0 Å². The van der Waals surface area contributed by atoms with Crippen molar-refractivity contribution in [3.05, 3.63) is 29.3 Å². The normalized spacial score (nSPS) is 16.8. The molecule has 1 saturated heterocycles. The molecule has 1 heterocycles. The fourth-order valence-corrected chi connectivity index (χ4v) is 2.38. The van der Waals surface area contributed by atoms with Gasteiger partial charge in [-0.1, -0.05) is 12.1 Å². The summed E-state index contributed by atoms with van der Waals surface area (Å²) in [6, 6.07) is 5.61. The lowest BCUT2D eigenvalue weighted by molar-refractivity contribution is 0.340. The molecule has 0 radical (unpaired) electrons. The lowest BCUT2D eigenvalue weighted by Crippen LogP contribution is -2.22. The quantitative estimate of drug-likeness (QED) is 0.808. The summed E-state index contributed by atoms with van der Waals surface area (Å²) in [6.07, 6.45) is 3.52. The Hall–Kier alpha value is -1.06. The van der Waals surface area contributed by atoms with Gasteiger partial charge < -0.3 is 15.7 Å². The van der Waals surface area contributed by atoms with E-state index in [0.29, 0.717) is 12.3 Å². The fourth-order valence-electron chi connectivity index (χ4n) is 2.38. The van der Waals surface area contributed by atoms with E-state index in [4.69, 9.17) is 5.73 Å². The van der Waals surface area contributed by atoms with E-state index in [-0.39, 0.29) is 0 Å². The molecule has 0 unspecified atom stereocenters. The Morgan fingerprint density at radius 1 is 1.25 bits per heavy atom. The van der Waals surface area contributed by atoms with Crippen LogP contribution in [0.15, 0.2) is 18.2 Å². The Bertz CT molecular complexity index is 346. The maximum Gasteiger partial charge on any atom is 0.119 e. The van der Waals surface area contributed by atoms with Gasteiger partial charge >= 0.3 is 0 Å². The van der Waals surface area contributed by atoms with E-state index in [2.05, 4.69) is 4.90 Å². The standard InChI is InChI=1S/C13H20N2O/c14-10-11-4-3-5-13(16)12(11)6-9-15-7-1-2-8-15/h3-5,16H,1-2,6-10,14H2. The first-order valence-corrected chi connectivity index (χ1v) is 6.03. The van der Waals surface area contributed by atoms with Crippen molar-refractivity contribution in [1.29, 1.82) is 0 Å². The molecule has 0 atom stereocenters. The maximum absolute atomic E-state index is 9.82. The van der Waals surface area contributed by atoms with Crippen molar-refractivity contribution < 1.29 is 5.11 Å². The Morgan fingerprint density at radius 3 is 2.69 bits per heavy atom. The number of phenols is 1. The summed E-state index contributed by atoms with van der Waals surface area (Å²) < 4.78 is 0. The molecule has 88 valence electrons. The van der Waals surface area contributed by atoms with Gasteiger partial charge in [0.05, 0.1) is 0 Å². The van der Waals surface area contributed by atoms with Crippen molar-refractivity contribution in [3.63, 3.8) is 0 Å². The van der Waals surface area contributed by atoms with Crippen molar-refractivity contribution in [3.8, 4) is 5.75 Å². The predicted molar refractivity (Wildman–Crippen MR) is 65.4 cm³/mol. The topological polar surface area (TPSA) is 49.5 Å². The van der Waals surface area contributed by atoms with Crippen LogP contribution in [0.1, 0.15) is 24.0 Å².